The van der Waals surface area contributed by atoms with E-state index in [0.717, 1.165) is 17.8 Å². The predicted molar refractivity (Wildman–Crippen MR) is 161 cm³/mol. The lowest BCUT2D eigenvalue weighted by molar-refractivity contribution is 0.163. The summed E-state index contributed by atoms with van der Waals surface area (Å²) in [5, 5.41) is 0. The van der Waals surface area contributed by atoms with E-state index in [-0.39, 0.29) is 0 Å². The van der Waals surface area contributed by atoms with Gasteiger partial charge in [0.25, 0.3) is 0 Å². The number of allylic oxidation sites excluding steroid dienone is 2. The van der Waals surface area contributed by atoms with Crippen LogP contribution >= 0.6 is 0 Å². The van der Waals surface area contributed by atoms with Gasteiger partial charge in [-0.15, -0.1) is 0 Å². The highest BCUT2D eigenvalue weighted by molar-refractivity contribution is 5.81. The Hall–Kier alpha value is -2.08. The average molecular weight is 495 g/mol. The predicted octanol–water partition coefficient (Wildman–Crippen LogP) is 11.3. The summed E-state index contributed by atoms with van der Waals surface area (Å²) in [6, 6.07) is 20.1. The first-order chi connectivity index (χ1) is 18.2. The Labute approximate surface area is 227 Å². The normalized spacial score (nSPS) is 21.8. The topological polar surface area (TPSA) is 0 Å². The zero-order valence-corrected chi connectivity index (χ0v) is 23.3. The Balaban J connectivity index is 1.52. The quantitative estimate of drug-likeness (QED) is 0.304. The standard InChI is InChI=1S/C37H50/c1-28(27-30-17-7-3-8-18-30)36(32-21-11-5-12-22-32)37(33-23-13-6-14-24-33)29(2)34-25-15-16-26-35(34)31-19-9-4-10-20-31/h4,9-10,15-16,19-20,25-26,30,32-33,36-37H,1-3,5-8,11-14,17-18,21-24,27H2. The van der Waals surface area contributed by atoms with Crippen molar-refractivity contribution in [3.8, 4) is 11.1 Å². The third kappa shape index (κ3) is 6.50. The van der Waals surface area contributed by atoms with E-state index in [0.29, 0.717) is 11.8 Å². The van der Waals surface area contributed by atoms with E-state index in [1.807, 2.05) is 0 Å². The van der Waals surface area contributed by atoms with Gasteiger partial charge in [-0.2, -0.15) is 0 Å². The molecule has 2 aromatic carbocycles. The Kier molecular flexibility index (Phi) is 9.41. The molecule has 0 saturated heterocycles. The molecule has 0 amide bonds. The Morgan fingerprint density at radius 2 is 1.11 bits per heavy atom. The summed E-state index contributed by atoms with van der Waals surface area (Å²) in [5.74, 6) is 3.53. The van der Waals surface area contributed by atoms with Crippen LogP contribution in [0.4, 0.5) is 0 Å². The molecule has 3 aliphatic rings. The van der Waals surface area contributed by atoms with E-state index in [1.54, 1.807) is 5.57 Å². The van der Waals surface area contributed by atoms with Gasteiger partial charge in [0, 0.05) is 0 Å². The van der Waals surface area contributed by atoms with Crippen molar-refractivity contribution in [2.45, 2.75) is 103 Å². The van der Waals surface area contributed by atoms with Crippen LogP contribution in [0.2, 0.25) is 0 Å². The molecule has 0 aliphatic heterocycles. The van der Waals surface area contributed by atoms with Crippen molar-refractivity contribution < 1.29 is 0 Å². The van der Waals surface area contributed by atoms with Crippen molar-refractivity contribution in [3.63, 3.8) is 0 Å². The number of hydrogen-bond acceptors (Lipinski definition) is 0. The fourth-order valence-corrected chi connectivity index (χ4v) is 8.37. The lowest BCUT2D eigenvalue weighted by Gasteiger charge is -2.44. The minimum absolute atomic E-state index is 0.532. The second kappa shape index (κ2) is 13.1. The third-order valence-electron chi connectivity index (χ3n) is 10.2. The molecule has 0 N–H and O–H groups in total. The number of rotatable bonds is 9. The minimum atomic E-state index is 0.532. The van der Waals surface area contributed by atoms with E-state index in [1.165, 1.54) is 125 Å². The lowest BCUT2D eigenvalue weighted by atomic mass is 9.60. The molecule has 2 unspecified atom stereocenters. The van der Waals surface area contributed by atoms with Crippen molar-refractivity contribution in [1.82, 2.24) is 0 Å². The summed E-state index contributed by atoms with van der Waals surface area (Å²) in [7, 11) is 0. The van der Waals surface area contributed by atoms with Crippen LogP contribution < -0.4 is 0 Å². The number of hydrogen-bond donors (Lipinski definition) is 0. The Morgan fingerprint density at radius 3 is 1.73 bits per heavy atom. The van der Waals surface area contributed by atoms with Crippen LogP contribution in [0.1, 0.15) is 108 Å². The maximum Gasteiger partial charge on any atom is -0.00652 e. The van der Waals surface area contributed by atoms with Gasteiger partial charge in [0.2, 0.25) is 0 Å². The minimum Gasteiger partial charge on any atom is -0.0995 e. The molecule has 0 spiro atoms. The van der Waals surface area contributed by atoms with E-state index >= 15 is 0 Å². The maximum absolute atomic E-state index is 4.99. The van der Waals surface area contributed by atoms with Crippen LogP contribution in [0.25, 0.3) is 16.7 Å². The molecule has 198 valence electrons. The van der Waals surface area contributed by atoms with Gasteiger partial charge in [0.05, 0.1) is 0 Å². The van der Waals surface area contributed by atoms with Crippen LogP contribution in [0.15, 0.2) is 73.3 Å². The molecule has 0 aromatic heterocycles. The molecule has 0 nitrogen and oxygen atoms in total. The van der Waals surface area contributed by atoms with Crippen LogP contribution in [0.3, 0.4) is 0 Å². The molecule has 0 bridgehead atoms. The zero-order chi connectivity index (χ0) is 25.5. The van der Waals surface area contributed by atoms with Gasteiger partial charge < -0.3 is 0 Å². The van der Waals surface area contributed by atoms with Crippen molar-refractivity contribution in [2.24, 2.45) is 29.6 Å². The van der Waals surface area contributed by atoms with Gasteiger partial charge in [-0.05, 0) is 84.0 Å². The molecular formula is C37H50. The van der Waals surface area contributed by atoms with Gasteiger partial charge in [-0.1, -0.05) is 144 Å². The van der Waals surface area contributed by atoms with Crippen LogP contribution in [0, 0.1) is 29.6 Å². The van der Waals surface area contributed by atoms with Crippen molar-refractivity contribution in [2.75, 3.05) is 0 Å². The van der Waals surface area contributed by atoms with E-state index in [9.17, 15) is 0 Å². The first-order valence-electron chi connectivity index (χ1n) is 15.7. The fraction of sp³-hybridized carbons (Fsp3) is 0.568. The second-order valence-electron chi connectivity index (χ2n) is 12.7. The second-order valence-corrected chi connectivity index (χ2v) is 12.7. The van der Waals surface area contributed by atoms with E-state index in [2.05, 4.69) is 54.6 Å². The Morgan fingerprint density at radius 1 is 0.595 bits per heavy atom. The molecule has 3 aliphatic carbocycles. The monoisotopic (exact) mass is 494 g/mol. The van der Waals surface area contributed by atoms with Crippen molar-refractivity contribution in [1.29, 1.82) is 0 Å². The molecule has 2 atom stereocenters. The summed E-state index contributed by atoms with van der Waals surface area (Å²) in [6.07, 6.45) is 22.3. The molecule has 3 fully saturated rings. The van der Waals surface area contributed by atoms with Crippen LogP contribution in [0.5, 0.6) is 0 Å². The SMILES string of the molecule is C=C(CC1CCCCC1)C(C1CCCCC1)C(C(=C)c1ccccc1-c1ccccc1)C1CCCCC1. The number of benzene rings is 2. The summed E-state index contributed by atoms with van der Waals surface area (Å²) < 4.78 is 0. The third-order valence-corrected chi connectivity index (χ3v) is 10.2. The van der Waals surface area contributed by atoms with Gasteiger partial charge in [0.1, 0.15) is 0 Å². The Bertz CT molecular complexity index is 995. The molecule has 3 saturated carbocycles. The van der Waals surface area contributed by atoms with Crippen molar-refractivity contribution >= 4 is 5.57 Å². The van der Waals surface area contributed by atoms with E-state index < -0.39 is 0 Å². The van der Waals surface area contributed by atoms with Crippen molar-refractivity contribution in [3.05, 3.63) is 78.9 Å². The van der Waals surface area contributed by atoms with Gasteiger partial charge >= 0.3 is 0 Å². The highest BCUT2D eigenvalue weighted by atomic mass is 14.4. The van der Waals surface area contributed by atoms with Gasteiger partial charge in [-0.25, -0.2) is 0 Å². The van der Waals surface area contributed by atoms with E-state index in [4.69, 9.17) is 13.2 Å². The van der Waals surface area contributed by atoms with Gasteiger partial charge in [-0.3, -0.25) is 0 Å². The first kappa shape index (κ1) is 26.5. The lowest BCUT2D eigenvalue weighted by Crippen LogP contribution is -2.34. The maximum atomic E-state index is 4.99. The summed E-state index contributed by atoms with van der Waals surface area (Å²) in [5.41, 5.74) is 7.06. The van der Waals surface area contributed by atoms with Crippen LogP contribution in [-0.4, -0.2) is 0 Å². The molecule has 0 heterocycles. The fourth-order valence-electron chi connectivity index (χ4n) is 8.37. The molecule has 2 aromatic rings. The average Bonchev–Trinajstić information content (AvgIpc) is 2.97. The summed E-state index contributed by atoms with van der Waals surface area (Å²) >= 11 is 0. The zero-order valence-electron chi connectivity index (χ0n) is 23.3. The molecule has 0 heteroatoms. The first-order valence-corrected chi connectivity index (χ1v) is 15.7. The molecular weight excluding hydrogens is 444 g/mol. The van der Waals surface area contributed by atoms with Gasteiger partial charge in [0.15, 0.2) is 0 Å². The smallest absolute Gasteiger partial charge is 0.00652 e. The highest BCUT2D eigenvalue weighted by Gasteiger charge is 2.39. The summed E-state index contributed by atoms with van der Waals surface area (Å²) in [4.78, 5) is 0. The highest BCUT2D eigenvalue weighted by Crippen LogP contribution is 2.51. The molecule has 0 radical (unpaired) electrons. The van der Waals surface area contributed by atoms with Crippen LogP contribution in [-0.2, 0) is 0 Å². The molecule has 5 rings (SSSR count). The largest absolute Gasteiger partial charge is 0.0995 e. The summed E-state index contributed by atoms with van der Waals surface area (Å²) in [6.45, 7) is 9.95. The molecule has 37 heavy (non-hydrogen) atoms.